The zero-order valence-corrected chi connectivity index (χ0v) is 37.6. The predicted octanol–water partition coefficient (Wildman–Crippen LogP) is 15.1. The van der Waals surface area contributed by atoms with Crippen LogP contribution < -0.4 is 16.4 Å². The third kappa shape index (κ3) is 5.58. The molecular weight excluding hydrogens is 776 g/mol. The van der Waals surface area contributed by atoms with Gasteiger partial charge < -0.3 is 18.7 Å². The number of hydrogen-bond acceptors (Lipinski definition) is 4. The van der Waals surface area contributed by atoms with E-state index >= 15 is 0 Å². The van der Waals surface area contributed by atoms with E-state index in [2.05, 4.69) is 201 Å². The molecule has 0 fully saturated rings. The molecule has 0 atom stereocenters. The highest BCUT2D eigenvalue weighted by molar-refractivity contribution is 7.25. The standard InChI is InChI=1S/C56H48BN2O2S/c1-54(2,3)30-14-18-33(19-15-30)58-43-27-40-34-20-16-32(56(7,8)9)25-46(34)60-47(40)28-38(43)36-21-22-37-39-26-41-35-12-10-11-13-48(35)62-49(41)29-44(39)59-51(37)50(36)57-53-52(59)42-24-31(55(4,5)6)17-23-45(42)61-53/h10-29,58H,1-9H3. The van der Waals surface area contributed by atoms with Gasteiger partial charge in [0.05, 0.1) is 16.9 Å². The van der Waals surface area contributed by atoms with Crippen molar-refractivity contribution in [1.82, 2.24) is 4.57 Å². The van der Waals surface area contributed by atoms with E-state index in [-0.39, 0.29) is 16.2 Å². The third-order valence-corrected chi connectivity index (χ3v) is 14.5. The molecule has 1 aliphatic rings. The fourth-order valence-electron chi connectivity index (χ4n) is 9.82. The van der Waals surface area contributed by atoms with Crippen LogP contribution in [0.15, 0.2) is 130 Å². The Morgan fingerprint density at radius 2 is 1.19 bits per heavy atom. The van der Waals surface area contributed by atoms with E-state index < -0.39 is 0 Å². The van der Waals surface area contributed by atoms with Crippen molar-refractivity contribution in [2.24, 2.45) is 0 Å². The van der Waals surface area contributed by atoms with Crippen molar-refractivity contribution in [3.8, 4) is 16.8 Å². The molecule has 0 amide bonds. The maximum absolute atomic E-state index is 6.90. The fraction of sp³-hybridized carbons (Fsp3) is 0.214. The largest absolute Gasteiger partial charge is 0.469 e. The van der Waals surface area contributed by atoms with Crippen LogP contribution in [0.25, 0.3) is 91.7 Å². The van der Waals surface area contributed by atoms with Crippen molar-refractivity contribution >= 4 is 116 Å². The molecule has 62 heavy (non-hydrogen) atoms. The van der Waals surface area contributed by atoms with E-state index in [4.69, 9.17) is 8.83 Å². The summed E-state index contributed by atoms with van der Waals surface area (Å²) in [6.07, 6.45) is 0. The van der Waals surface area contributed by atoms with Gasteiger partial charge in [-0.15, -0.1) is 11.3 Å². The summed E-state index contributed by atoms with van der Waals surface area (Å²) < 4.78 is 18.8. The Morgan fingerprint density at radius 1 is 0.500 bits per heavy atom. The number of nitrogens with one attached hydrogen (secondary N) is 1. The molecule has 303 valence electrons. The smallest absolute Gasteiger partial charge is 0.247 e. The van der Waals surface area contributed by atoms with Crippen LogP contribution in [-0.2, 0) is 16.2 Å². The highest BCUT2D eigenvalue weighted by atomic mass is 32.1. The van der Waals surface area contributed by atoms with Gasteiger partial charge >= 0.3 is 0 Å². The number of aromatic nitrogens is 1. The Balaban J connectivity index is 1.15. The van der Waals surface area contributed by atoms with Crippen LogP contribution in [0.3, 0.4) is 0 Å². The molecule has 5 heterocycles. The first-order valence-electron chi connectivity index (χ1n) is 21.8. The van der Waals surface area contributed by atoms with Gasteiger partial charge in [0.2, 0.25) is 7.28 Å². The van der Waals surface area contributed by atoms with Gasteiger partial charge in [-0.3, -0.25) is 0 Å². The Bertz CT molecular complexity index is 3690. The van der Waals surface area contributed by atoms with E-state index in [1.807, 2.05) is 11.3 Å². The summed E-state index contributed by atoms with van der Waals surface area (Å²) in [6.45, 7) is 20.4. The van der Waals surface area contributed by atoms with Crippen LogP contribution in [0.2, 0.25) is 0 Å². The highest BCUT2D eigenvalue weighted by Gasteiger charge is 2.32. The fourth-order valence-corrected chi connectivity index (χ4v) is 10.9. The van der Waals surface area contributed by atoms with Gasteiger partial charge in [0.1, 0.15) is 16.7 Å². The molecule has 1 radical (unpaired) electrons. The monoisotopic (exact) mass is 823 g/mol. The van der Waals surface area contributed by atoms with Crippen molar-refractivity contribution in [3.05, 3.63) is 138 Å². The molecule has 6 heteroatoms. The minimum absolute atomic E-state index is 0.00264. The zero-order valence-electron chi connectivity index (χ0n) is 36.8. The van der Waals surface area contributed by atoms with Crippen molar-refractivity contribution in [2.75, 3.05) is 5.32 Å². The molecule has 7 aromatic carbocycles. The lowest BCUT2D eigenvalue weighted by molar-refractivity contribution is 0.587. The molecule has 4 nitrogen and oxygen atoms in total. The van der Waals surface area contributed by atoms with Crippen LogP contribution >= 0.6 is 11.3 Å². The minimum Gasteiger partial charge on any atom is -0.469 e. The Kier molecular flexibility index (Phi) is 7.67. The summed E-state index contributed by atoms with van der Waals surface area (Å²) in [5.74, 6) is 0. The number of hydrogen-bond donors (Lipinski definition) is 1. The lowest BCUT2D eigenvalue weighted by atomic mass is 9.62. The van der Waals surface area contributed by atoms with Crippen molar-refractivity contribution in [3.63, 3.8) is 0 Å². The molecule has 11 aromatic rings. The van der Waals surface area contributed by atoms with Crippen molar-refractivity contribution in [2.45, 2.75) is 78.6 Å². The van der Waals surface area contributed by atoms with Gasteiger partial charge in [-0.1, -0.05) is 123 Å². The highest BCUT2D eigenvalue weighted by Crippen LogP contribution is 2.45. The van der Waals surface area contributed by atoms with Gasteiger partial charge in [-0.05, 0) is 105 Å². The molecule has 0 bridgehead atoms. The zero-order chi connectivity index (χ0) is 42.6. The SMILES string of the molecule is CC(C)(C)c1ccc(Nc2cc3c(cc2-c2ccc4c5cc6c(cc5n5c4c2[B]c2oc4ccc(C(C)(C)C)cc4c2-5)sc2ccccc26)oc2cc(C(C)(C)C)ccc23)cc1. The van der Waals surface area contributed by atoms with E-state index in [0.29, 0.717) is 0 Å². The number of rotatable bonds is 3. The van der Waals surface area contributed by atoms with Crippen LogP contribution in [0.5, 0.6) is 0 Å². The lowest BCUT2D eigenvalue weighted by Crippen LogP contribution is -2.36. The summed E-state index contributed by atoms with van der Waals surface area (Å²) in [6, 6.07) is 45.2. The second-order valence-electron chi connectivity index (χ2n) is 20.6. The Hall–Kier alpha value is -6.24. The van der Waals surface area contributed by atoms with Crippen molar-refractivity contribution < 1.29 is 8.83 Å². The van der Waals surface area contributed by atoms with Crippen molar-refractivity contribution in [1.29, 1.82) is 0 Å². The summed E-state index contributed by atoms with van der Waals surface area (Å²) in [5.41, 5.74) is 16.3. The molecular formula is C56H48BN2O2S. The molecule has 0 spiro atoms. The number of benzene rings is 7. The number of fused-ring (bicyclic) bond motifs is 13. The number of anilines is 2. The summed E-state index contributed by atoms with van der Waals surface area (Å²) >= 11 is 1.87. The number of furan rings is 2. The summed E-state index contributed by atoms with van der Waals surface area (Å²) in [7, 11) is 2.29. The second-order valence-corrected chi connectivity index (χ2v) is 21.6. The predicted molar refractivity (Wildman–Crippen MR) is 267 cm³/mol. The molecule has 4 aromatic heterocycles. The first kappa shape index (κ1) is 37.5. The van der Waals surface area contributed by atoms with E-state index in [1.165, 1.54) is 58.7 Å². The van der Waals surface area contributed by atoms with Crippen LogP contribution in [0.4, 0.5) is 11.4 Å². The Labute approximate surface area is 366 Å². The number of thiophene rings is 1. The molecule has 0 saturated heterocycles. The number of nitrogens with zero attached hydrogens (tertiary/aromatic N) is 1. The normalized spacial score (nSPS) is 13.4. The molecule has 0 aliphatic carbocycles. The molecule has 0 unspecified atom stereocenters. The van der Waals surface area contributed by atoms with Gasteiger partial charge in [-0.25, -0.2) is 0 Å². The maximum atomic E-state index is 6.90. The van der Waals surface area contributed by atoms with Gasteiger partial charge in [0.15, 0.2) is 0 Å². The molecule has 0 saturated carbocycles. The Morgan fingerprint density at radius 3 is 1.97 bits per heavy atom. The first-order chi connectivity index (χ1) is 29.6. The van der Waals surface area contributed by atoms with E-state index in [1.54, 1.807) is 0 Å². The maximum Gasteiger partial charge on any atom is 0.247 e. The lowest BCUT2D eigenvalue weighted by Gasteiger charge is -2.22. The minimum atomic E-state index is -0.0147. The first-order valence-corrected chi connectivity index (χ1v) is 22.6. The van der Waals surface area contributed by atoms with E-state index in [9.17, 15) is 0 Å². The average molecular weight is 824 g/mol. The summed E-state index contributed by atoms with van der Waals surface area (Å²) in [4.78, 5) is 0. The van der Waals surface area contributed by atoms with Gasteiger partial charge in [0, 0.05) is 69.6 Å². The third-order valence-electron chi connectivity index (χ3n) is 13.3. The van der Waals surface area contributed by atoms with Gasteiger partial charge in [0.25, 0.3) is 0 Å². The van der Waals surface area contributed by atoms with Gasteiger partial charge in [-0.2, -0.15) is 0 Å². The molecule has 1 aliphatic heterocycles. The van der Waals surface area contributed by atoms with Crippen LogP contribution in [0.1, 0.15) is 79.0 Å². The molecule has 12 rings (SSSR count). The average Bonchev–Trinajstić information content (AvgIpc) is 3.97. The molecule has 1 N–H and O–H groups in total. The topological polar surface area (TPSA) is 43.2 Å². The summed E-state index contributed by atoms with van der Waals surface area (Å²) in [5, 5.41) is 12.3. The van der Waals surface area contributed by atoms with Crippen LogP contribution in [0, 0.1) is 0 Å². The van der Waals surface area contributed by atoms with Crippen LogP contribution in [-0.4, -0.2) is 11.8 Å². The van der Waals surface area contributed by atoms with E-state index in [0.717, 1.165) is 72.2 Å². The quantitative estimate of drug-likeness (QED) is 0.181. The second kappa shape index (κ2) is 12.7.